The van der Waals surface area contributed by atoms with Gasteiger partial charge in [0.25, 0.3) is 0 Å². The molecule has 2 heterocycles. The fourth-order valence-corrected chi connectivity index (χ4v) is 3.00. The Morgan fingerprint density at radius 1 is 1.63 bits per heavy atom. The van der Waals surface area contributed by atoms with Crippen molar-refractivity contribution < 1.29 is 4.74 Å². The lowest BCUT2D eigenvalue weighted by Gasteiger charge is -2.16. The van der Waals surface area contributed by atoms with Crippen LogP contribution in [0.15, 0.2) is 16.0 Å². The van der Waals surface area contributed by atoms with E-state index < -0.39 is 0 Å². The molecule has 0 aromatic carbocycles. The number of nitrogens with one attached hydrogen (secondary N) is 1. The van der Waals surface area contributed by atoms with Gasteiger partial charge in [0.05, 0.1) is 40.2 Å². The van der Waals surface area contributed by atoms with E-state index in [-0.39, 0.29) is 6.04 Å². The van der Waals surface area contributed by atoms with Gasteiger partial charge in [-0.25, -0.2) is 10.4 Å². The number of hydrazine groups is 1. The minimum absolute atomic E-state index is 0.196. The number of aromatic nitrogens is 3. The number of methoxy groups -OCH3 is 1. The lowest BCUT2D eigenvalue weighted by atomic mass is 10.1. The van der Waals surface area contributed by atoms with Crippen molar-refractivity contribution in [1.82, 2.24) is 20.2 Å². The van der Waals surface area contributed by atoms with Crippen LogP contribution in [0.4, 0.5) is 0 Å². The van der Waals surface area contributed by atoms with Crippen molar-refractivity contribution in [1.29, 1.82) is 0 Å². The second-order valence-electron chi connectivity index (χ2n) is 3.98. The van der Waals surface area contributed by atoms with Crippen molar-refractivity contribution in [2.45, 2.75) is 19.5 Å². The molecule has 0 aliphatic heterocycles. The molecular formula is C11H16BrN5OS. The predicted octanol–water partition coefficient (Wildman–Crippen LogP) is 1.61. The first kappa shape index (κ1) is 14.6. The van der Waals surface area contributed by atoms with Gasteiger partial charge in [-0.3, -0.25) is 10.5 Å². The molecule has 0 aliphatic rings. The van der Waals surface area contributed by atoms with Crippen LogP contribution in [0.2, 0.25) is 0 Å². The largest absolute Gasteiger partial charge is 0.383 e. The number of hydrogen-bond donors (Lipinski definition) is 2. The van der Waals surface area contributed by atoms with E-state index in [1.807, 2.05) is 17.0 Å². The number of ether oxygens (including phenoxy) is 1. The van der Waals surface area contributed by atoms with Crippen LogP contribution in [0.25, 0.3) is 0 Å². The molecule has 0 saturated heterocycles. The third-order valence-corrected chi connectivity index (χ3v) is 4.12. The smallest absolute Gasteiger partial charge is 0.107 e. The molecule has 0 radical (unpaired) electrons. The number of aryl methyl sites for hydroxylation is 1. The molecule has 0 amide bonds. The van der Waals surface area contributed by atoms with Gasteiger partial charge in [-0.05, 0) is 22.9 Å². The first-order valence-electron chi connectivity index (χ1n) is 5.75. The highest BCUT2D eigenvalue weighted by Gasteiger charge is 2.22. The molecule has 3 N–H and O–H groups in total. The molecule has 104 valence electrons. The van der Waals surface area contributed by atoms with E-state index in [4.69, 9.17) is 10.6 Å². The van der Waals surface area contributed by atoms with Crippen molar-refractivity contribution in [2.75, 3.05) is 13.7 Å². The summed E-state index contributed by atoms with van der Waals surface area (Å²) in [6.07, 6.45) is 1.76. The van der Waals surface area contributed by atoms with Crippen LogP contribution in [0, 0.1) is 6.92 Å². The van der Waals surface area contributed by atoms with Crippen molar-refractivity contribution in [3.8, 4) is 0 Å². The molecule has 0 saturated carbocycles. The quantitative estimate of drug-likeness (QED) is 0.614. The lowest BCUT2D eigenvalue weighted by Crippen LogP contribution is -2.31. The molecule has 1 atom stereocenters. The van der Waals surface area contributed by atoms with Gasteiger partial charge in [-0.1, -0.05) is 0 Å². The zero-order valence-electron chi connectivity index (χ0n) is 10.8. The average Bonchev–Trinajstić information content (AvgIpc) is 2.97. The molecule has 6 nitrogen and oxygen atoms in total. The van der Waals surface area contributed by atoms with Crippen molar-refractivity contribution in [2.24, 2.45) is 5.84 Å². The van der Waals surface area contributed by atoms with Crippen molar-refractivity contribution in [3.63, 3.8) is 0 Å². The highest BCUT2D eigenvalue weighted by Crippen LogP contribution is 2.28. The maximum absolute atomic E-state index is 5.69. The monoisotopic (exact) mass is 345 g/mol. The van der Waals surface area contributed by atoms with Gasteiger partial charge in [0.2, 0.25) is 0 Å². The Morgan fingerprint density at radius 3 is 3.00 bits per heavy atom. The van der Waals surface area contributed by atoms with Crippen LogP contribution in [-0.4, -0.2) is 28.5 Å². The number of halogens is 1. The molecule has 2 aromatic heterocycles. The molecule has 19 heavy (non-hydrogen) atoms. The summed E-state index contributed by atoms with van der Waals surface area (Å²) in [7, 11) is 1.67. The SMILES string of the molecule is COCCn1ncc(Br)c1C(NN)c1csc(C)n1. The van der Waals surface area contributed by atoms with Crippen molar-refractivity contribution in [3.05, 3.63) is 32.4 Å². The number of nitrogens with zero attached hydrogens (tertiary/aromatic N) is 3. The van der Waals surface area contributed by atoms with Crippen LogP contribution >= 0.6 is 27.3 Å². The maximum Gasteiger partial charge on any atom is 0.107 e. The number of thiazole rings is 1. The Bertz CT molecular complexity index is 541. The summed E-state index contributed by atoms with van der Waals surface area (Å²) in [4.78, 5) is 4.48. The van der Waals surface area contributed by atoms with Crippen LogP contribution < -0.4 is 11.3 Å². The summed E-state index contributed by atoms with van der Waals surface area (Å²) in [6.45, 7) is 3.23. The second-order valence-corrected chi connectivity index (χ2v) is 5.90. The van der Waals surface area contributed by atoms with Crippen LogP contribution in [0.3, 0.4) is 0 Å². The standard InChI is InChI=1S/C11H16BrN5OS/c1-7-15-9(6-19-7)10(16-13)11-8(12)5-14-17(11)3-4-18-2/h5-6,10,16H,3-4,13H2,1-2H3. The van der Waals surface area contributed by atoms with Gasteiger partial charge in [0.1, 0.15) is 6.04 Å². The predicted molar refractivity (Wildman–Crippen MR) is 77.8 cm³/mol. The molecule has 8 heteroatoms. The normalized spacial score (nSPS) is 12.8. The first-order valence-corrected chi connectivity index (χ1v) is 7.43. The Labute approximate surface area is 124 Å². The number of nitrogens with two attached hydrogens (primary N) is 1. The van der Waals surface area contributed by atoms with Crippen LogP contribution in [-0.2, 0) is 11.3 Å². The minimum atomic E-state index is -0.196. The highest BCUT2D eigenvalue weighted by molar-refractivity contribution is 9.10. The van der Waals surface area contributed by atoms with Crippen LogP contribution in [0.1, 0.15) is 22.4 Å². The van der Waals surface area contributed by atoms with Gasteiger partial charge < -0.3 is 4.74 Å². The second kappa shape index (κ2) is 6.58. The molecule has 0 spiro atoms. The van der Waals surface area contributed by atoms with Gasteiger partial charge in [0.15, 0.2) is 0 Å². The van der Waals surface area contributed by atoms with E-state index in [1.165, 1.54) is 0 Å². The topological polar surface area (TPSA) is 78.0 Å². The lowest BCUT2D eigenvalue weighted by molar-refractivity contribution is 0.182. The van der Waals surface area contributed by atoms with E-state index >= 15 is 0 Å². The molecule has 2 aromatic rings. The third-order valence-electron chi connectivity index (χ3n) is 2.71. The molecular weight excluding hydrogens is 330 g/mol. The fraction of sp³-hybridized carbons (Fsp3) is 0.455. The minimum Gasteiger partial charge on any atom is -0.383 e. The fourth-order valence-electron chi connectivity index (χ4n) is 1.83. The number of hydrogen-bond acceptors (Lipinski definition) is 6. The van der Waals surface area contributed by atoms with E-state index in [0.29, 0.717) is 13.2 Å². The highest BCUT2D eigenvalue weighted by atomic mass is 79.9. The Morgan fingerprint density at radius 2 is 2.42 bits per heavy atom. The van der Waals surface area contributed by atoms with E-state index in [2.05, 4.69) is 31.4 Å². The molecule has 1 unspecified atom stereocenters. The van der Waals surface area contributed by atoms with Gasteiger partial charge in [-0.15, -0.1) is 11.3 Å². The Hall–Kier alpha value is -0.800. The van der Waals surface area contributed by atoms with E-state index in [0.717, 1.165) is 20.9 Å². The van der Waals surface area contributed by atoms with E-state index in [1.54, 1.807) is 24.6 Å². The summed E-state index contributed by atoms with van der Waals surface area (Å²) in [5, 5.41) is 7.33. The third kappa shape index (κ3) is 3.21. The maximum atomic E-state index is 5.69. The van der Waals surface area contributed by atoms with Gasteiger partial charge in [0, 0.05) is 12.5 Å². The zero-order chi connectivity index (χ0) is 13.8. The average molecular weight is 346 g/mol. The molecule has 0 aliphatic carbocycles. The molecule has 2 rings (SSSR count). The molecule has 0 bridgehead atoms. The van der Waals surface area contributed by atoms with Gasteiger partial charge in [-0.2, -0.15) is 5.10 Å². The zero-order valence-corrected chi connectivity index (χ0v) is 13.2. The Kier molecular flexibility index (Phi) is 5.06. The Balaban J connectivity index is 2.34. The molecule has 0 fully saturated rings. The van der Waals surface area contributed by atoms with Gasteiger partial charge >= 0.3 is 0 Å². The van der Waals surface area contributed by atoms with E-state index in [9.17, 15) is 0 Å². The summed E-state index contributed by atoms with van der Waals surface area (Å²) in [6, 6.07) is -0.196. The van der Waals surface area contributed by atoms with Crippen molar-refractivity contribution >= 4 is 27.3 Å². The summed E-state index contributed by atoms with van der Waals surface area (Å²) in [5.41, 5.74) is 4.65. The first-order chi connectivity index (χ1) is 9.17. The summed E-state index contributed by atoms with van der Waals surface area (Å²) >= 11 is 5.11. The van der Waals surface area contributed by atoms with Crippen LogP contribution in [0.5, 0.6) is 0 Å². The summed E-state index contributed by atoms with van der Waals surface area (Å²) in [5.74, 6) is 5.69. The summed E-state index contributed by atoms with van der Waals surface area (Å²) < 4.78 is 7.86. The number of rotatable bonds is 6.